The monoisotopic (exact) mass is 707 g/mol. The van der Waals surface area contributed by atoms with Crippen LogP contribution in [-0.2, 0) is 23.4 Å². The molecule has 4 aromatic carbocycles. The topological polar surface area (TPSA) is 68.1 Å². The van der Waals surface area contributed by atoms with E-state index in [9.17, 15) is 49.4 Å². The molecule has 0 unspecified atom stereocenters. The average Bonchev–Trinajstić information content (AvgIpc) is 3.65. The second-order valence-corrected chi connectivity index (χ2v) is 12.2. The number of alkyl halides is 9. The summed E-state index contributed by atoms with van der Waals surface area (Å²) in [4.78, 5) is 16.9. The Morgan fingerprint density at radius 1 is 0.760 bits per heavy atom. The fourth-order valence-electron chi connectivity index (χ4n) is 6.76. The molecule has 14 heteroatoms. The van der Waals surface area contributed by atoms with Crippen LogP contribution in [0.3, 0.4) is 0 Å². The van der Waals surface area contributed by atoms with Crippen LogP contribution in [0.25, 0.3) is 22.3 Å². The predicted octanol–water partition coefficient (Wildman–Crippen LogP) is 10.7. The largest absolute Gasteiger partial charge is 0.496 e. The van der Waals surface area contributed by atoms with Crippen molar-refractivity contribution in [3.05, 3.63) is 112 Å². The molecule has 0 radical (unpaired) electrons. The normalized spacial score (nSPS) is 19.2. The molecule has 1 N–H and O–H groups in total. The standard InChI is InChI=1S/C36H26F9NO4/c1-17-11-19(33(47)48)3-6-24(17)18-4-10-30(49-2)29(14-18)25-7-5-21(34(37,38)39)16-28(25)26-8-9-27-31(26)46-50-32(27)20-12-22(35(40,41)42)15-23(13-20)36(43,44)45/h3-7,10-16,26-27,32H,8-9H2,1-2H3,(H,47,48)/t26-,27+,32+/m0/s1. The Kier molecular flexibility index (Phi) is 8.64. The number of carboxylic acid groups (broad SMARTS) is 1. The quantitative estimate of drug-likeness (QED) is 0.203. The summed E-state index contributed by atoms with van der Waals surface area (Å²) in [7, 11) is 1.38. The number of nitrogens with zero attached hydrogens (tertiary/aromatic N) is 1. The molecule has 0 aromatic heterocycles. The van der Waals surface area contributed by atoms with Crippen molar-refractivity contribution in [1.29, 1.82) is 0 Å². The van der Waals surface area contributed by atoms with E-state index in [1.807, 2.05) is 0 Å². The van der Waals surface area contributed by atoms with Crippen LogP contribution in [0.5, 0.6) is 5.75 Å². The summed E-state index contributed by atoms with van der Waals surface area (Å²) >= 11 is 0. The van der Waals surface area contributed by atoms with Crippen LogP contribution < -0.4 is 4.74 Å². The molecule has 1 aliphatic carbocycles. The zero-order valence-electron chi connectivity index (χ0n) is 26.1. The van der Waals surface area contributed by atoms with Crippen LogP contribution in [0.2, 0.25) is 0 Å². The molecule has 0 spiro atoms. The first-order valence-corrected chi connectivity index (χ1v) is 15.1. The van der Waals surface area contributed by atoms with Crippen molar-refractivity contribution in [3.63, 3.8) is 0 Å². The number of benzene rings is 4. The third-order valence-corrected chi connectivity index (χ3v) is 9.11. The Morgan fingerprint density at radius 2 is 1.40 bits per heavy atom. The van der Waals surface area contributed by atoms with Crippen molar-refractivity contribution in [2.45, 2.75) is 50.3 Å². The van der Waals surface area contributed by atoms with Crippen molar-refractivity contribution in [1.82, 2.24) is 0 Å². The molecule has 262 valence electrons. The van der Waals surface area contributed by atoms with Gasteiger partial charge in [0, 0.05) is 17.4 Å². The molecule has 1 saturated carbocycles. The lowest BCUT2D eigenvalue weighted by molar-refractivity contribution is -0.143. The molecule has 1 aliphatic heterocycles. The molecule has 0 bridgehead atoms. The van der Waals surface area contributed by atoms with Gasteiger partial charge >= 0.3 is 24.5 Å². The lowest BCUT2D eigenvalue weighted by Gasteiger charge is -2.21. The van der Waals surface area contributed by atoms with Gasteiger partial charge in [0.1, 0.15) is 5.75 Å². The maximum atomic E-state index is 14.1. The summed E-state index contributed by atoms with van der Waals surface area (Å²) in [5.74, 6) is -2.46. The SMILES string of the molecule is COc1ccc(-c2ccc(C(=O)O)cc2C)cc1-c1ccc(C(F)(F)F)cc1[C@@H]1CC[C@@H]2C1=NO[C@@H]2c1cc(C(F)(F)F)cc(C(F)(F)F)c1. The number of aromatic carboxylic acids is 1. The second kappa shape index (κ2) is 12.4. The molecule has 1 heterocycles. The van der Waals surface area contributed by atoms with Gasteiger partial charge in [0.15, 0.2) is 6.10 Å². The maximum absolute atomic E-state index is 14.1. The lowest BCUT2D eigenvalue weighted by atomic mass is 9.84. The Bertz CT molecular complexity index is 1980. The van der Waals surface area contributed by atoms with Gasteiger partial charge in [-0.3, -0.25) is 0 Å². The summed E-state index contributed by atoms with van der Waals surface area (Å²) in [6.45, 7) is 1.71. The third kappa shape index (κ3) is 6.50. The maximum Gasteiger partial charge on any atom is 0.416 e. The molecule has 5 nitrogen and oxygen atoms in total. The van der Waals surface area contributed by atoms with Gasteiger partial charge in [-0.2, -0.15) is 39.5 Å². The van der Waals surface area contributed by atoms with Gasteiger partial charge in [0.2, 0.25) is 0 Å². The van der Waals surface area contributed by atoms with Gasteiger partial charge in [-0.05, 0) is 108 Å². The Hall–Kier alpha value is -5.01. The summed E-state index contributed by atoms with van der Waals surface area (Å²) in [5.41, 5.74) is -1.37. The molecule has 0 amide bonds. The highest BCUT2D eigenvalue weighted by molar-refractivity contribution is 5.98. The molecule has 6 rings (SSSR count). The fourth-order valence-corrected chi connectivity index (χ4v) is 6.76. The van der Waals surface area contributed by atoms with Crippen molar-refractivity contribution >= 4 is 11.7 Å². The number of fused-ring (bicyclic) bond motifs is 1. The van der Waals surface area contributed by atoms with Crippen molar-refractivity contribution in [3.8, 4) is 28.0 Å². The molecule has 4 aromatic rings. The van der Waals surface area contributed by atoms with E-state index in [1.165, 1.54) is 25.3 Å². The minimum absolute atomic E-state index is 0.0100. The number of halogens is 9. The number of methoxy groups -OCH3 is 1. The zero-order valence-corrected chi connectivity index (χ0v) is 26.1. The minimum atomic E-state index is -5.09. The first-order chi connectivity index (χ1) is 23.4. The number of carbonyl (C=O) groups is 1. The molecule has 50 heavy (non-hydrogen) atoms. The predicted molar refractivity (Wildman–Crippen MR) is 164 cm³/mol. The second-order valence-electron chi connectivity index (χ2n) is 12.2. The Morgan fingerprint density at radius 3 is 1.98 bits per heavy atom. The number of oxime groups is 1. The fraction of sp³-hybridized carbons (Fsp3) is 0.278. The van der Waals surface area contributed by atoms with Gasteiger partial charge in [-0.15, -0.1) is 0 Å². The van der Waals surface area contributed by atoms with Gasteiger partial charge in [0.05, 0.1) is 35.1 Å². The molecular formula is C36H26F9NO4. The van der Waals surface area contributed by atoms with Crippen molar-refractivity contribution in [2.75, 3.05) is 7.11 Å². The number of carboxylic acids is 1. The third-order valence-electron chi connectivity index (χ3n) is 9.11. The highest BCUT2D eigenvalue weighted by Crippen LogP contribution is 2.52. The van der Waals surface area contributed by atoms with Gasteiger partial charge in [-0.1, -0.05) is 23.4 Å². The smallest absolute Gasteiger partial charge is 0.416 e. The zero-order chi connectivity index (χ0) is 36.3. The summed E-state index contributed by atoms with van der Waals surface area (Å²) in [6.07, 6.45) is -15.9. The summed E-state index contributed by atoms with van der Waals surface area (Å²) in [5, 5.41) is 13.4. The van der Waals surface area contributed by atoms with Crippen LogP contribution in [0.4, 0.5) is 39.5 Å². The van der Waals surface area contributed by atoms with E-state index >= 15 is 0 Å². The van der Waals surface area contributed by atoms with E-state index in [0.29, 0.717) is 45.7 Å². The van der Waals surface area contributed by atoms with Crippen LogP contribution in [0.15, 0.2) is 78.0 Å². The minimum Gasteiger partial charge on any atom is -0.496 e. The highest BCUT2D eigenvalue weighted by atomic mass is 19.4. The molecular weight excluding hydrogens is 681 g/mol. The van der Waals surface area contributed by atoms with Crippen LogP contribution in [-0.4, -0.2) is 23.9 Å². The van der Waals surface area contributed by atoms with E-state index in [0.717, 1.165) is 12.1 Å². The molecule has 2 aliphatic rings. The molecule has 0 saturated heterocycles. The lowest BCUT2D eigenvalue weighted by Crippen LogP contribution is -2.18. The first-order valence-electron chi connectivity index (χ1n) is 15.1. The van der Waals surface area contributed by atoms with E-state index in [4.69, 9.17) is 9.57 Å². The number of aryl methyl sites for hydroxylation is 1. The van der Waals surface area contributed by atoms with Gasteiger partial charge in [0.25, 0.3) is 0 Å². The van der Waals surface area contributed by atoms with Crippen LogP contribution >= 0.6 is 0 Å². The number of hydrogen-bond donors (Lipinski definition) is 1. The Balaban J connectivity index is 1.44. The van der Waals surface area contributed by atoms with Gasteiger partial charge in [-0.25, -0.2) is 4.79 Å². The van der Waals surface area contributed by atoms with Gasteiger partial charge < -0.3 is 14.7 Å². The molecule has 3 atom stereocenters. The summed E-state index contributed by atoms with van der Waals surface area (Å²) in [6, 6.07) is 13.8. The van der Waals surface area contributed by atoms with Crippen LogP contribution in [0, 0.1) is 12.8 Å². The van der Waals surface area contributed by atoms with Crippen molar-refractivity contribution < 1.29 is 59.0 Å². The molecule has 1 fully saturated rings. The highest BCUT2D eigenvalue weighted by Gasteiger charge is 2.47. The van der Waals surface area contributed by atoms with E-state index in [2.05, 4.69) is 5.16 Å². The summed E-state index contributed by atoms with van der Waals surface area (Å²) < 4.78 is 130. The van der Waals surface area contributed by atoms with Crippen LogP contribution in [0.1, 0.15) is 68.6 Å². The number of ether oxygens (including phenoxy) is 1. The average molecular weight is 708 g/mol. The van der Waals surface area contributed by atoms with Crippen molar-refractivity contribution in [2.24, 2.45) is 11.1 Å². The number of hydrogen-bond acceptors (Lipinski definition) is 4. The Labute approximate surface area is 278 Å². The number of rotatable bonds is 6. The van der Waals surface area contributed by atoms with E-state index in [1.54, 1.807) is 31.2 Å². The van der Waals surface area contributed by atoms with E-state index < -0.39 is 64.7 Å². The van der Waals surface area contributed by atoms with E-state index in [-0.39, 0.29) is 35.7 Å². The first kappa shape index (κ1) is 34.8.